The molecule has 2 rings (SSSR count). The van der Waals surface area contributed by atoms with E-state index < -0.39 is 11.8 Å². The van der Waals surface area contributed by atoms with Gasteiger partial charge < -0.3 is 10.5 Å². The molecule has 0 aliphatic rings. The van der Waals surface area contributed by atoms with Crippen LogP contribution in [0.4, 0.5) is 10.1 Å². The van der Waals surface area contributed by atoms with Gasteiger partial charge >= 0.3 is 5.97 Å². The molecule has 0 unspecified atom stereocenters. The zero-order valence-corrected chi connectivity index (χ0v) is 10.3. The molecule has 4 heteroatoms. The van der Waals surface area contributed by atoms with E-state index >= 15 is 0 Å². The fourth-order valence-corrected chi connectivity index (χ4v) is 1.66. The third-order valence-corrected chi connectivity index (χ3v) is 2.70. The van der Waals surface area contributed by atoms with Gasteiger partial charge in [-0.25, -0.2) is 9.18 Å². The van der Waals surface area contributed by atoms with Crippen molar-refractivity contribution in [1.29, 1.82) is 0 Å². The summed E-state index contributed by atoms with van der Waals surface area (Å²) in [6.45, 7) is 0.278. The summed E-state index contributed by atoms with van der Waals surface area (Å²) < 4.78 is 18.1. The van der Waals surface area contributed by atoms with Gasteiger partial charge in [0.05, 0.1) is 17.9 Å². The van der Waals surface area contributed by atoms with Gasteiger partial charge in [-0.15, -0.1) is 0 Å². The summed E-state index contributed by atoms with van der Waals surface area (Å²) in [7, 11) is 0. The highest BCUT2D eigenvalue weighted by molar-refractivity contribution is 5.90. The molecule has 0 saturated carbocycles. The molecule has 0 aliphatic heterocycles. The van der Waals surface area contributed by atoms with Gasteiger partial charge in [0, 0.05) is 6.42 Å². The van der Waals surface area contributed by atoms with Gasteiger partial charge in [0.2, 0.25) is 0 Å². The topological polar surface area (TPSA) is 52.3 Å². The van der Waals surface area contributed by atoms with Crippen LogP contribution in [0, 0.1) is 5.82 Å². The molecule has 0 aliphatic carbocycles. The fourth-order valence-electron chi connectivity index (χ4n) is 1.66. The minimum Gasteiger partial charge on any atom is -0.462 e. The Morgan fingerprint density at radius 3 is 2.58 bits per heavy atom. The monoisotopic (exact) mass is 259 g/mol. The number of rotatable bonds is 4. The first-order valence-corrected chi connectivity index (χ1v) is 5.93. The molecule has 98 valence electrons. The summed E-state index contributed by atoms with van der Waals surface area (Å²) in [5.74, 6) is -1.04. The number of carbonyl (C=O) groups excluding carboxylic acids is 1. The van der Waals surface area contributed by atoms with Gasteiger partial charge in [-0.2, -0.15) is 0 Å². The minimum absolute atomic E-state index is 0.0579. The molecule has 2 aromatic carbocycles. The van der Waals surface area contributed by atoms with Crippen LogP contribution < -0.4 is 5.73 Å². The fraction of sp³-hybridized carbons (Fsp3) is 0.133. The number of nitrogens with two attached hydrogens (primary N) is 1. The Labute approximate surface area is 110 Å². The quantitative estimate of drug-likeness (QED) is 0.678. The molecule has 0 saturated heterocycles. The molecule has 3 nitrogen and oxygen atoms in total. The first kappa shape index (κ1) is 13.1. The van der Waals surface area contributed by atoms with Gasteiger partial charge in [-0.1, -0.05) is 30.3 Å². The van der Waals surface area contributed by atoms with E-state index in [9.17, 15) is 9.18 Å². The lowest BCUT2D eigenvalue weighted by Gasteiger charge is -2.06. The molecular formula is C15H14FNO2. The summed E-state index contributed by atoms with van der Waals surface area (Å²) in [4.78, 5) is 11.7. The van der Waals surface area contributed by atoms with Crippen LogP contribution in [0.15, 0.2) is 48.5 Å². The minimum atomic E-state index is -0.541. The summed E-state index contributed by atoms with van der Waals surface area (Å²) in [6, 6.07) is 13.5. The van der Waals surface area contributed by atoms with Crippen LogP contribution >= 0.6 is 0 Å². The number of carbonyl (C=O) groups is 1. The first-order chi connectivity index (χ1) is 9.16. The maximum Gasteiger partial charge on any atom is 0.338 e. The van der Waals surface area contributed by atoms with Gasteiger partial charge in [0.1, 0.15) is 5.82 Å². The molecule has 19 heavy (non-hydrogen) atoms. The number of benzene rings is 2. The second-order valence-electron chi connectivity index (χ2n) is 4.11. The molecule has 0 fully saturated rings. The predicted molar refractivity (Wildman–Crippen MR) is 71.2 cm³/mol. The number of nitrogen functional groups attached to an aromatic ring is 1. The Kier molecular flexibility index (Phi) is 4.13. The third-order valence-electron chi connectivity index (χ3n) is 2.70. The highest BCUT2D eigenvalue weighted by Crippen LogP contribution is 2.13. The number of esters is 1. The predicted octanol–water partition coefficient (Wildman–Crippen LogP) is 2.81. The van der Waals surface area contributed by atoms with Crippen LogP contribution in [0.2, 0.25) is 0 Å². The molecular weight excluding hydrogens is 245 g/mol. The van der Waals surface area contributed by atoms with Gasteiger partial charge in [0.25, 0.3) is 0 Å². The second kappa shape index (κ2) is 6.00. The maximum atomic E-state index is 13.0. The Bertz CT molecular complexity index is 570. The summed E-state index contributed by atoms with van der Waals surface area (Å²) >= 11 is 0. The molecule has 2 aromatic rings. The Morgan fingerprint density at radius 1 is 1.16 bits per heavy atom. The van der Waals surface area contributed by atoms with Crippen LogP contribution in [-0.4, -0.2) is 12.6 Å². The van der Waals surface area contributed by atoms with E-state index in [1.807, 2.05) is 30.3 Å². The van der Waals surface area contributed by atoms with Crippen molar-refractivity contribution in [2.75, 3.05) is 12.3 Å². The van der Waals surface area contributed by atoms with Crippen LogP contribution in [0.5, 0.6) is 0 Å². The number of hydrogen-bond acceptors (Lipinski definition) is 3. The van der Waals surface area contributed by atoms with Crippen LogP contribution in [0.1, 0.15) is 15.9 Å². The normalized spacial score (nSPS) is 10.2. The standard InChI is InChI=1S/C15H14FNO2/c16-13-7-6-12(10-14(13)17)15(18)19-9-8-11-4-2-1-3-5-11/h1-7,10H,8-9,17H2. The average Bonchev–Trinajstić information content (AvgIpc) is 2.43. The summed E-state index contributed by atoms with van der Waals surface area (Å²) in [6.07, 6.45) is 0.642. The van der Waals surface area contributed by atoms with Crippen molar-refractivity contribution >= 4 is 11.7 Å². The van der Waals surface area contributed by atoms with E-state index in [0.29, 0.717) is 6.42 Å². The number of halogens is 1. The molecule has 0 aromatic heterocycles. The molecule has 0 radical (unpaired) electrons. The summed E-state index contributed by atoms with van der Waals surface area (Å²) in [5.41, 5.74) is 6.69. The molecule has 0 amide bonds. The van der Waals surface area contributed by atoms with Crippen LogP contribution in [0.3, 0.4) is 0 Å². The van der Waals surface area contributed by atoms with E-state index in [2.05, 4.69) is 0 Å². The van der Waals surface area contributed by atoms with Crippen molar-refractivity contribution < 1.29 is 13.9 Å². The Hall–Kier alpha value is -2.36. The lowest BCUT2D eigenvalue weighted by Crippen LogP contribution is -2.09. The molecule has 0 heterocycles. The molecule has 0 spiro atoms. The van der Waals surface area contributed by atoms with E-state index in [4.69, 9.17) is 10.5 Å². The second-order valence-corrected chi connectivity index (χ2v) is 4.11. The summed E-state index contributed by atoms with van der Waals surface area (Å²) in [5, 5.41) is 0. The molecule has 0 bridgehead atoms. The van der Waals surface area contributed by atoms with Crippen molar-refractivity contribution in [3.63, 3.8) is 0 Å². The number of ether oxygens (including phenoxy) is 1. The molecule has 2 N–H and O–H groups in total. The zero-order chi connectivity index (χ0) is 13.7. The lowest BCUT2D eigenvalue weighted by molar-refractivity contribution is 0.0509. The average molecular weight is 259 g/mol. The van der Waals surface area contributed by atoms with Gasteiger partial charge in [-0.3, -0.25) is 0 Å². The zero-order valence-electron chi connectivity index (χ0n) is 10.3. The number of hydrogen-bond donors (Lipinski definition) is 1. The third kappa shape index (κ3) is 3.55. The van der Waals surface area contributed by atoms with E-state index in [0.717, 1.165) is 11.6 Å². The van der Waals surface area contributed by atoms with Crippen molar-refractivity contribution in [3.8, 4) is 0 Å². The smallest absolute Gasteiger partial charge is 0.338 e. The van der Waals surface area contributed by atoms with Crippen molar-refractivity contribution in [3.05, 3.63) is 65.5 Å². The highest BCUT2D eigenvalue weighted by Gasteiger charge is 2.09. The van der Waals surface area contributed by atoms with Crippen molar-refractivity contribution in [2.45, 2.75) is 6.42 Å². The number of anilines is 1. The Balaban J connectivity index is 1.89. The van der Waals surface area contributed by atoms with Crippen molar-refractivity contribution in [1.82, 2.24) is 0 Å². The van der Waals surface area contributed by atoms with Crippen LogP contribution in [-0.2, 0) is 11.2 Å². The SMILES string of the molecule is Nc1cc(C(=O)OCCc2ccccc2)ccc1F. The van der Waals surface area contributed by atoms with Crippen molar-refractivity contribution in [2.24, 2.45) is 0 Å². The van der Waals surface area contributed by atoms with E-state index in [-0.39, 0.29) is 17.9 Å². The van der Waals surface area contributed by atoms with E-state index in [1.54, 1.807) is 0 Å². The molecule has 0 atom stereocenters. The lowest BCUT2D eigenvalue weighted by atomic mass is 10.2. The maximum absolute atomic E-state index is 13.0. The Morgan fingerprint density at radius 2 is 1.89 bits per heavy atom. The van der Waals surface area contributed by atoms with Gasteiger partial charge in [0.15, 0.2) is 0 Å². The largest absolute Gasteiger partial charge is 0.462 e. The van der Waals surface area contributed by atoms with E-state index in [1.165, 1.54) is 12.1 Å². The first-order valence-electron chi connectivity index (χ1n) is 5.93. The van der Waals surface area contributed by atoms with Gasteiger partial charge in [-0.05, 0) is 23.8 Å². The highest BCUT2D eigenvalue weighted by atomic mass is 19.1. The van der Waals surface area contributed by atoms with Crippen LogP contribution in [0.25, 0.3) is 0 Å².